The van der Waals surface area contributed by atoms with Crippen molar-refractivity contribution in [2.24, 2.45) is 5.92 Å². The molecule has 2 aliphatic heterocycles. The number of cyclic esters (lactones) is 2. The lowest BCUT2D eigenvalue weighted by atomic mass is 9.94. The van der Waals surface area contributed by atoms with Crippen molar-refractivity contribution < 1.29 is 28.6 Å². The Kier molecular flexibility index (Phi) is 11.8. The minimum absolute atomic E-state index is 0.0490. The molecule has 1 fully saturated rings. The van der Waals surface area contributed by atoms with Gasteiger partial charge in [-0.3, -0.25) is 9.59 Å². The molecule has 2 aliphatic rings. The average Bonchev–Trinajstić information content (AvgIpc) is 3.18. The number of ether oxygens (including phenoxy) is 3. The number of rotatable bonds is 16. The van der Waals surface area contributed by atoms with Crippen molar-refractivity contribution in [1.29, 1.82) is 0 Å². The van der Waals surface area contributed by atoms with Crippen LogP contribution in [-0.4, -0.2) is 36.2 Å². The van der Waals surface area contributed by atoms with Gasteiger partial charge in [0.2, 0.25) is 0 Å². The van der Waals surface area contributed by atoms with Gasteiger partial charge >= 0.3 is 17.9 Å². The smallest absolute Gasteiger partial charge is 0.334 e. The lowest BCUT2D eigenvalue weighted by molar-refractivity contribution is -0.150. The monoisotopic (exact) mass is 450 g/mol. The van der Waals surface area contributed by atoms with Crippen molar-refractivity contribution in [3.05, 3.63) is 11.6 Å². The van der Waals surface area contributed by atoms with Crippen LogP contribution in [0.1, 0.15) is 111 Å². The van der Waals surface area contributed by atoms with Crippen LogP contribution in [0.3, 0.4) is 0 Å². The van der Waals surface area contributed by atoms with Gasteiger partial charge in [0.1, 0.15) is 12.2 Å². The lowest BCUT2D eigenvalue weighted by Crippen LogP contribution is -2.30. The Morgan fingerprint density at radius 1 is 0.844 bits per heavy atom. The Morgan fingerprint density at radius 2 is 1.38 bits per heavy atom. The molecule has 0 N–H and O–H groups in total. The Bertz CT molecular complexity index is 640. The summed E-state index contributed by atoms with van der Waals surface area (Å²) in [5, 5.41) is 0. The Morgan fingerprint density at radius 3 is 1.88 bits per heavy atom. The van der Waals surface area contributed by atoms with Gasteiger partial charge in [-0.15, -0.1) is 0 Å². The predicted octanol–water partition coefficient (Wildman–Crippen LogP) is 5.81. The maximum absolute atomic E-state index is 12.0. The summed E-state index contributed by atoms with van der Waals surface area (Å²) in [5.41, 5.74) is 0.861. The number of unbranched alkanes of at least 4 members (excludes halogenated alkanes) is 11. The topological polar surface area (TPSA) is 78.9 Å². The highest BCUT2D eigenvalue weighted by atomic mass is 16.6. The van der Waals surface area contributed by atoms with Crippen LogP contribution in [0.25, 0.3) is 0 Å². The zero-order valence-corrected chi connectivity index (χ0v) is 20.2. The Labute approximate surface area is 193 Å². The van der Waals surface area contributed by atoms with E-state index in [-0.39, 0.29) is 36.0 Å². The lowest BCUT2D eigenvalue weighted by Gasteiger charge is -2.18. The molecule has 2 heterocycles. The first-order chi connectivity index (χ1) is 15.4. The summed E-state index contributed by atoms with van der Waals surface area (Å²) in [6.07, 6.45) is 17.1. The van der Waals surface area contributed by atoms with Crippen molar-refractivity contribution in [2.75, 3.05) is 0 Å². The van der Waals surface area contributed by atoms with Crippen LogP contribution in [0, 0.1) is 5.92 Å². The molecule has 182 valence electrons. The summed E-state index contributed by atoms with van der Waals surface area (Å²) in [6.45, 7) is 5.07. The number of carbonyl (C=O) groups excluding carboxylic acids is 3. The van der Waals surface area contributed by atoms with Crippen LogP contribution in [0.4, 0.5) is 0 Å². The van der Waals surface area contributed by atoms with E-state index in [1.807, 2.05) is 13.0 Å². The second kappa shape index (κ2) is 14.3. The highest BCUT2D eigenvalue weighted by Crippen LogP contribution is 2.29. The second-order valence-corrected chi connectivity index (χ2v) is 9.41. The van der Waals surface area contributed by atoms with E-state index in [2.05, 4.69) is 0 Å². The third-order valence-electron chi connectivity index (χ3n) is 6.47. The molecule has 1 saturated heterocycles. The molecular formula is C26H42O6. The van der Waals surface area contributed by atoms with Crippen molar-refractivity contribution in [3.8, 4) is 0 Å². The zero-order valence-electron chi connectivity index (χ0n) is 20.2. The van der Waals surface area contributed by atoms with Crippen LogP contribution in [0.2, 0.25) is 0 Å². The number of carbonyl (C=O) groups is 3. The van der Waals surface area contributed by atoms with Gasteiger partial charge in [0.25, 0.3) is 0 Å². The highest BCUT2D eigenvalue weighted by molar-refractivity contribution is 5.90. The van der Waals surface area contributed by atoms with Crippen molar-refractivity contribution in [2.45, 2.75) is 129 Å². The molecule has 0 aromatic rings. The van der Waals surface area contributed by atoms with E-state index in [0.717, 1.165) is 37.7 Å². The summed E-state index contributed by atoms with van der Waals surface area (Å²) >= 11 is 0. The van der Waals surface area contributed by atoms with Crippen LogP contribution < -0.4 is 0 Å². The second-order valence-electron chi connectivity index (χ2n) is 9.41. The molecule has 2 rings (SSSR count). The fourth-order valence-corrected chi connectivity index (χ4v) is 4.71. The minimum atomic E-state index is -0.431. The third kappa shape index (κ3) is 9.33. The molecule has 0 saturated carbocycles. The SMILES string of the molecule is CC(=O)OC1C(C)OC(=O)C1CCCCCCCCCCCCCCC1=CC(C)OC1=O. The van der Waals surface area contributed by atoms with Crippen molar-refractivity contribution >= 4 is 17.9 Å². The molecule has 6 heteroatoms. The minimum Gasteiger partial charge on any atom is -0.458 e. The van der Waals surface area contributed by atoms with E-state index in [4.69, 9.17) is 14.2 Å². The molecule has 0 aliphatic carbocycles. The number of hydrogen-bond donors (Lipinski definition) is 0. The first-order valence-corrected chi connectivity index (χ1v) is 12.7. The molecule has 0 spiro atoms. The largest absolute Gasteiger partial charge is 0.458 e. The molecule has 0 radical (unpaired) electrons. The summed E-state index contributed by atoms with van der Waals surface area (Å²) in [7, 11) is 0. The molecule has 0 bridgehead atoms. The molecule has 4 unspecified atom stereocenters. The number of hydrogen-bond acceptors (Lipinski definition) is 6. The predicted molar refractivity (Wildman–Crippen MR) is 123 cm³/mol. The molecule has 0 aromatic carbocycles. The fraction of sp³-hybridized carbons (Fsp3) is 0.808. The standard InChI is InChI=1S/C26H42O6/c1-19-18-22(25(28)30-19)16-14-12-10-8-6-4-5-7-9-11-13-15-17-23-24(32-21(3)27)20(2)31-26(23)29/h18-20,23-24H,4-17H2,1-3H3. The van der Waals surface area contributed by atoms with E-state index >= 15 is 0 Å². The highest BCUT2D eigenvalue weighted by Gasteiger charge is 2.44. The summed E-state index contributed by atoms with van der Waals surface area (Å²) < 4.78 is 15.7. The quantitative estimate of drug-likeness (QED) is 0.168. The maximum atomic E-state index is 12.0. The Balaban J connectivity index is 1.37. The zero-order chi connectivity index (χ0) is 23.3. The van der Waals surface area contributed by atoms with Crippen LogP contribution in [-0.2, 0) is 28.6 Å². The maximum Gasteiger partial charge on any atom is 0.334 e. The molecule has 32 heavy (non-hydrogen) atoms. The molecule has 6 nitrogen and oxygen atoms in total. The first-order valence-electron chi connectivity index (χ1n) is 12.7. The molecule has 4 atom stereocenters. The molecule has 0 amide bonds. The fourth-order valence-electron chi connectivity index (χ4n) is 4.71. The van der Waals surface area contributed by atoms with Gasteiger partial charge in [-0.2, -0.15) is 0 Å². The molecule has 0 aromatic heterocycles. The van der Waals surface area contributed by atoms with E-state index in [0.29, 0.717) is 0 Å². The first kappa shape index (κ1) is 26.4. The summed E-state index contributed by atoms with van der Waals surface area (Å²) in [6, 6.07) is 0. The van der Waals surface area contributed by atoms with E-state index in [1.54, 1.807) is 6.92 Å². The van der Waals surface area contributed by atoms with Crippen molar-refractivity contribution in [1.82, 2.24) is 0 Å². The Hall–Kier alpha value is -1.85. The summed E-state index contributed by atoms with van der Waals surface area (Å²) in [5.74, 6) is -1.01. The average molecular weight is 451 g/mol. The van der Waals surface area contributed by atoms with Gasteiger partial charge in [-0.05, 0) is 39.2 Å². The van der Waals surface area contributed by atoms with Gasteiger partial charge in [-0.1, -0.05) is 70.6 Å². The van der Waals surface area contributed by atoms with Gasteiger partial charge in [0.15, 0.2) is 6.10 Å². The van der Waals surface area contributed by atoms with Crippen molar-refractivity contribution in [3.63, 3.8) is 0 Å². The normalized spacial score (nSPS) is 24.9. The number of esters is 3. The van der Waals surface area contributed by atoms with Crippen LogP contribution in [0.5, 0.6) is 0 Å². The van der Waals surface area contributed by atoms with Gasteiger partial charge < -0.3 is 14.2 Å². The van der Waals surface area contributed by atoms with Gasteiger partial charge in [0, 0.05) is 12.5 Å². The van der Waals surface area contributed by atoms with Gasteiger partial charge in [-0.25, -0.2) is 4.79 Å². The van der Waals surface area contributed by atoms with Crippen LogP contribution >= 0.6 is 0 Å². The third-order valence-corrected chi connectivity index (χ3v) is 6.47. The summed E-state index contributed by atoms with van der Waals surface area (Å²) in [4.78, 5) is 34.8. The van der Waals surface area contributed by atoms with E-state index in [9.17, 15) is 14.4 Å². The van der Waals surface area contributed by atoms with E-state index in [1.165, 1.54) is 64.7 Å². The molecular weight excluding hydrogens is 408 g/mol. The van der Waals surface area contributed by atoms with E-state index < -0.39 is 6.10 Å². The van der Waals surface area contributed by atoms with Gasteiger partial charge in [0.05, 0.1) is 5.92 Å². The van der Waals surface area contributed by atoms with Crippen LogP contribution in [0.15, 0.2) is 11.6 Å².